The molecule has 1 saturated heterocycles. The fraction of sp³-hybridized carbons (Fsp3) is 0.500. The largest absolute Gasteiger partial charge is 0.461 e. The lowest BCUT2D eigenvalue weighted by molar-refractivity contribution is 0.0517. The molecule has 0 aliphatic carbocycles. The molecule has 1 aliphatic heterocycles. The van der Waals surface area contributed by atoms with Crippen molar-refractivity contribution in [3.8, 4) is 0 Å². The molecule has 1 fully saturated rings. The average Bonchev–Trinajstić information content (AvgIpc) is 3.03. The fourth-order valence-electron chi connectivity index (χ4n) is 3.62. The van der Waals surface area contributed by atoms with E-state index in [1.807, 2.05) is 30.0 Å². The first-order valence-corrected chi connectivity index (χ1v) is 11.4. The minimum atomic E-state index is -3.05. The second-order valence-corrected chi connectivity index (χ2v) is 9.85. The van der Waals surface area contributed by atoms with Gasteiger partial charge in [0.25, 0.3) is 0 Å². The highest BCUT2D eigenvalue weighted by atomic mass is 32.2. The Labute approximate surface area is 170 Å². The third-order valence-corrected chi connectivity index (χ3v) is 7.07. The number of ether oxygens (including phenoxy) is 1. The molecular formula is C20H27N3O5S. The van der Waals surface area contributed by atoms with Crippen molar-refractivity contribution in [1.82, 2.24) is 9.88 Å². The van der Waals surface area contributed by atoms with Crippen molar-refractivity contribution in [2.24, 2.45) is 0 Å². The van der Waals surface area contributed by atoms with Crippen molar-refractivity contribution < 1.29 is 17.9 Å². The number of hydrogen-bond acceptors (Lipinski definition) is 7. The molecule has 1 aromatic carbocycles. The third-order valence-electron chi connectivity index (χ3n) is 5.32. The number of rotatable bonds is 6. The molecule has 8 nitrogen and oxygen atoms in total. The van der Waals surface area contributed by atoms with Gasteiger partial charge < -0.3 is 14.6 Å². The second kappa shape index (κ2) is 8.16. The first-order chi connectivity index (χ1) is 13.6. The summed E-state index contributed by atoms with van der Waals surface area (Å²) >= 11 is 0. The molecule has 158 valence electrons. The molecule has 3 rings (SSSR count). The van der Waals surface area contributed by atoms with Gasteiger partial charge in [-0.1, -0.05) is 0 Å². The van der Waals surface area contributed by atoms with E-state index in [9.17, 15) is 18.0 Å². The average molecular weight is 422 g/mol. The molecule has 1 aromatic heterocycles. The molecule has 1 atom stereocenters. The van der Waals surface area contributed by atoms with Gasteiger partial charge in [0.15, 0.2) is 15.3 Å². The van der Waals surface area contributed by atoms with Crippen molar-refractivity contribution >= 4 is 32.4 Å². The van der Waals surface area contributed by atoms with E-state index in [4.69, 9.17) is 4.74 Å². The minimum absolute atomic E-state index is 0.0640. The number of anilines is 1. The standard InChI is InChI=1S/C20H27N3O5S/c1-5-28-20(25)18-16(11-23(4)14-8-9-29(26,27)12-14)19(24)15-10-13(22(2)3)6-7-17(15)21-18/h6-7,10,14H,5,8-9,11-12H2,1-4H3,(H,21,24)/t14-/m0/s1. The van der Waals surface area contributed by atoms with Gasteiger partial charge in [0.05, 0.1) is 23.6 Å². The van der Waals surface area contributed by atoms with Crippen LogP contribution in [0.25, 0.3) is 10.9 Å². The van der Waals surface area contributed by atoms with E-state index in [1.54, 1.807) is 26.1 Å². The zero-order valence-electron chi connectivity index (χ0n) is 17.2. The Hall–Kier alpha value is -2.39. The van der Waals surface area contributed by atoms with Crippen molar-refractivity contribution in [2.75, 3.05) is 44.2 Å². The van der Waals surface area contributed by atoms with E-state index in [-0.39, 0.29) is 41.8 Å². The van der Waals surface area contributed by atoms with Crippen LogP contribution in [0.15, 0.2) is 23.0 Å². The molecule has 0 unspecified atom stereocenters. The summed E-state index contributed by atoms with van der Waals surface area (Å²) in [6, 6.07) is 5.24. The van der Waals surface area contributed by atoms with E-state index in [0.29, 0.717) is 22.9 Å². The predicted molar refractivity (Wildman–Crippen MR) is 113 cm³/mol. The van der Waals surface area contributed by atoms with Gasteiger partial charge >= 0.3 is 5.97 Å². The highest BCUT2D eigenvalue weighted by Crippen LogP contribution is 2.22. The van der Waals surface area contributed by atoms with E-state index in [0.717, 1.165) is 5.69 Å². The maximum Gasteiger partial charge on any atom is 0.355 e. The Kier molecular flexibility index (Phi) is 6.00. The van der Waals surface area contributed by atoms with Gasteiger partial charge in [-0.05, 0) is 38.6 Å². The number of nitrogens with one attached hydrogen (secondary N) is 1. The summed E-state index contributed by atoms with van der Waals surface area (Å²) in [6.07, 6.45) is 0.518. The number of H-pyrrole nitrogens is 1. The zero-order chi connectivity index (χ0) is 21.3. The molecule has 0 bridgehead atoms. The topological polar surface area (TPSA) is 99.8 Å². The molecule has 0 radical (unpaired) electrons. The minimum Gasteiger partial charge on any atom is -0.461 e. The summed E-state index contributed by atoms with van der Waals surface area (Å²) in [5, 5.41) is 0.478. The van der Waals surface area contributed by atoms with Gasteiger partial charge in [-0.25, -0.2) is 13.2 Å². The van der Waals surface area contributed by atoms with Crippen LogP contribution < -0.4 is 10.3 Å². The molecule has 29 heavy (non-hydrogen) atoms. The van der Waals surface area contributed by atoms with Crippen LogP contribution in [0.3, 0.4) is 0 Å². The smallest absolute Gasteiger partial charge is 0.355 e. The highest BCUT2D eigenvalue weighted by molar-refractivity contribution is 7.91. The predicted octanol–water partition coefficient (Wildman–Crippen LogP) is 1.39. The van der Waals surface area contributed by atoms with Gasteiger partial charge in [-0.3, -0.25) is 9.69 Å². The number of pyridine rings is 1. The van der Waals surface area contributed by atoms with Gasteiger partial charge in [0, 0.05) is 43.3 Å². The van der Waals surface area contributed by atoms with Gasteiger partial charge in [0.1, 0.15) is 5.69 Å². The SMILES string of the molecule is CCOC(=O)c1[nH]c2ccc(N(C)C)cc2c(=O)c1CN(C)[C@H]1CCS(=O)(=O)C1. The summed E-state index contributed by atoms with van der Waals surface area (Å²) in [5.74, 6) is -0.382. The monoisotopic (exact) mass is 421 g/mol. The summed E-state index contributed by atoms with van der Waals surface area (Å²) in [6.45, 7) is 2.05. The maximum atomic E-state index is 13.3. The van der Waals surface area contributed by atoms with Crippen LogP contribution in [0.5, 0.6) is 0 Å². The van der Waals surface area contributed by atoms with Crippen LogP contribution in [0.4, 0.5) is 5.69 Å². The Bertz CT molecular complexity index is 1090. The number of aromatic amines is 1. The number of sulfone groups is 1. The van der Waals surface area contributed by atoms with Crippen LogP contribution in [-0.2, 0) is 21.1 Å². The summed E-state index contributed by atoms with van der Waals surface area (Å²) < 4.78 is 28.8. The van der Waals surface area contributed by atoms with E-state index in [1.165, 1.54) is 0 Å². The number of carbonyl (C=O) groups excluding carboxylic acids is 1. The lowest BCUT2D eigenvalue weighted by Gasteiger charge is -2.24. The number of fused-ring (bicyclic) bond motifs is 1. The van der Waals surface area contributed by atoms with Crippen LogP contribution in [0, 0.1) is 0 Å². The van der Waals surface area contributed by atoms with Crippen molar-refractivity contribution in [2.45, 2.75) is 25.9 Å². The Balaban J connectivity index is 2.08. The Morgan fingerprint density at radius 3 is 2.59 bits per heavy atom. The lowest BCUT2D eigenvalue weighted by Crippen LogP contribution is -2.35. The fourth-order valence-corrected chi connectivity index (χ4v) is 5.43. The van der Waals surface area contributed by atoms with E-state index >= 15 is 0 Å². The molecule has 0 spiro atoms. The summed E-state index contributed by atoms with van der Waals surface area (Å²) in [5.41, 5.74) is 1.58. The summed E-state index contributed by atoms with van der Waals surface area (Å²) in [4.78, 5) is 32.6. The van der Waals surface area contributed by atoms with Crippen LogP contribution >= 0.6 is 0 Å². The van der Waals surface area contributed by atoms with Crippen LogP contribution in [0.1, 0.15) is 29.4 Å². The number of hydrogen-bond donors (Lipinski definition) is 1. The molecule has 2 aromatic rings. The number of benzene rings is 1. The van der Waals surface area contributed by atoms with Crippen LogP contribution in [-0.4, -0.2) is 69.6 Å². The summed E-state index contributed by atoms with van der Waals surface area (Å²) in [7, 11) is 2.50. The molecule has 2 heterocycles. The van der Waals surface area contributed by atoms with E-state index < -0.39 is 15.8 Å². The molecule has 9 heteroatoms. The van der Waals surface area contributed by atoms with Gasteiger partial charge in [-0.15, -0.1) is 0 Å². The zero-order valence-corrected chi connectivity index (χ0v) is 18.0. The number of carbonyl (C=O) groups is 1. The quantitative estimate of drug-likeness (QED) is 0.704. The third kappa shape index (κ3) is 4.45. The van der Waals surface area contributed by atoms with E-state index in [2.05, 4.69) is 4.98 Å². The second-order valence-electron chi connectivity index (χ2n) is 7.62. The first-order valence-electron chi connectivity index (χ1n) is 9.57. The van der Waals surface area contributed by atoms with Gasteiger partial charge in [0.2, 0.25) is 0 Å². The normalized spacial score (nSPS) is 18.3. The van der Waals surface area contributed by atoms with Gasteiger partial charge in [-0.2, -0.15) is 0 Å². The maximum absolute atomic E-state index is 13.3. The number of aromatic nitrogens is 1. The van der Waals surface area contributed by atoms with Crippen molar-refractivity contribution in [3.05, 3.63) is 39.7 Å². The van der Waals surface area contributed by atoms with Crippen LogP contribution in [0.2, 0.25) is 0 Å². The first kappa shape index (κ1) is 21.3. The Morgan fingerprint density at radius 1 is 1.28 bits per heavy atom. The molecular weight excluding hydrogens is 394 g/mol. The van der Waals surface area contributed by atoms with Crippen molar-refractivity contribution in [1.29, 1.82) is 0 Å². The highest BCUT2D eigenvalue weighted by Gasteiger charge is 2.32. The molecule has 0 saturated carbocycles. The van der Waals surface area contributed by atoms with Crippen molar-refractivity contribution in [3.63, 3.8) is 0 Å². The number of esters is 1. The lowest BCUT2D eigenvalue weighted by atomic mass is 10.1. The Morgan fingerprint density at radius 2 is 2.00 bits per heavy atom. The number of nitrogens with zero attached hydrogens (tertiary/aromatic N) is 2. The molecule has 1 N–H and O–H groups in total. The molecule has 0 amide bonds. The molecule has 1 aliphatic rings.